The van der Waals surface area contributed by atoms with Crippen molar-refractivity contribution in [3.63, 3.8) is 0 Å². The van der Waals surface area contributed by atoms with Crippen molar-refractivity contribution in [3.8, 4) is 11.4 Å². The Bertz CT molecular complexity index is 1250. The van der Waals surface area contributed by atoms with Crippen LogP contribution in [0.1, 0.15) is 31.2 Å². The quantitative estimate of drug-likeness (QED) is 0.390. The number of benzene rings is 1. The largest absolute Gasteiger partial charge is 0.483 e. The molecule has 1 saturated heterocycles. The Morgan fingerprint density at radius 2 is 1.78 bits per heavy atom. The maximum absolute atomic E-state index is 14.7. The first-order valence-electron chi connectivity index (χ1n) is 11.9. The highest BCUT2D eigenvalue weighted by atomic mass is 35.5. The van der Waals surface area contributed by atoms with Gasteiger partial charge in [0.15, 0.2) is 0 Å². The maximum atomic E-state index is 14.7. The minimum absolute atomic E-state index is 0.0254. The van der Waals surface area contributed by atoms with Crippen LogP contribution in [0.15, 0.2) is 59.8 Å². The molecule has 11 heteroatoms. The van der Waals surface area contributed by atoms with Crippen LogP contribution >= 0.6 is 23.5 Å². The summed E-state index contributed by atoms with van der Waals surface area (Å²) in [7, 11) is 0. The van der Waals surface area contributed by atoms with E-state index >= 15 is 0 Å². The summed E-state index contributed by atoms with van der Waals surface area (Å²) in [5, 5.41) is 1.84. The number of aromatic nitrogens is 3. The summed E-state index contributed by atoms with van der Waals surface area (Å²) in [5.41, 5.74) is 0.708. The van der Waals surface area contributed by atoms with Crippen molar-refractivity contribution in [3.05, 3.63) is 75.9 Å². The number of anilines is 1. The molecule has 2 aromatic heterocycles. The molecular formula is C25H26ClF2N5O2S. The Hall–Kier alpha value is -2.69. The van der Waals surface area contributed by atoms with Gasteiger partial charge in [-0.2, -0.15) is 18.6 Å². The summed E-state index contributed by atoms with van der Waals surface area (Å²) < 4.78 is 38.7. The van der Waals surface area contributed by atoms with Gasteiger partial charge in [-0.1, -0.05) is 17.7 Å². The van der Waals surface area contributed by atoms with Gasteiger partial charge in [-0.15, -0.1) is 0 Å². The third-order valence-corrected chi connectivity index (χ3v) is 7.72. The standard InChI is InChI=1S/C25H26ClF2N5O2S/c26-19-4-3-5-20(16-19)33-24(34)23(35-21-6-1-2-7-21)22(17-30-33)31-12-14-32(15-13-31)36-25(27,28)18-8-10-29-11-9-18/h3-5,8-11,16-17,21H,1-2,6-7,12-15H2. The molecule has 1 aliphatic carbocycles. The predicted octanol–water partition coefficient (Wildman–Crippen LogP) is 5.12. The fourth-order valence-corrected chi connectivity index (χ4v) is 5.61. The molecule has 7 nitrogen and oxygen atoms in total. The smallest absolute Gasteiger partial charge is 0.332 e. The van der Waals surface area contributed by atoms with E-state index in [4.69, 9.17) is 16.3 Å². The molecule has 0 atom stereocenters. The van der Waals surface area contributed by atoms with Crippen LogP contribution in [-0.2, 0) is 5.25 Å². The average Bonchev–Trinajstić information content (AvgIpc) is 3.39. The zero-order valence-electron chi connectivity index (χ0n) is 19.5. The van der Waals surface area contributed by atoms with E-state index in [2.05, 4.69) is 10.1 Å². The number of pyridine rings is 1. The van der Waals surface area contributed by atoms with Crippen LogP contribution in [0.5, 0.6) is 5.75 Å². The van der Waals surface area contributed by atoms with Crippen molar-refractivity contribution in [2.75, 3.05) is 31.1 Å². The molecule has 1 aromatic carbocycles. The van der Waals surface area contributed by atoms with Gasteiger partial charge >= 0.3 is 10.8 Å². The number of hydrogen-bond acceptors (Lipinski definition) is 7. The van der Waals surface area contributed by atoms with Gasteiger partial charge in [-0.05, 0) is 56.0 Å². The molecule has 3 aromatic rings. The molecule has 190 valence electrons. The fourth-order valence-electron chi connectivity index (χ4n) is 4.51. The number of hydrogen-bond donors (Lipinski definition) is 0. The normalized spacial score (nSPS) is 17.5. The number of rotatable bonds is 7. The molecule has 3 heterocycles. The lowest BCUT2D eigenvalue weighted by Crippen LogP contribution is -2.45. The molecule has 5 rings (SSSR count). The van der Waals surface area contributed by atoms with E-state index in [1.807, 2.05) is 4.90 Å². The van der Waals surface area contributed by atoms with Gasteiger partial charge in [0.05, 0.1) is 18.0 Å². The number of halogens is 3. The first kappa shape index (κ1) is 25.0. The summed E-state index contributed by atoms with van der Waals surface area (Å²) in [6.45, 7) is 1.71. The van der Waals surface area contributed by atoms with E-state index in [0.29, 0.717) is 54.5 Å². The van der Waals surface area contributed by atoms with E-state index in [0.717, 1.165) is 25.7 Å². The molecule has 0 unspecified atom stereocenters. The van der Waals surface area contributed by atoms with E-state index < -0.39 is 5.25 Å². The predicted molar refractivity (Wildman–Crippen MR) is 137 cm³/mol. The zero-order valence-corrected chi connectivity index (χ0v) is 21.1. The molecule has 36 heavy (non-hydrogen) atoms. The summed E-state index contributed by atoms with van der Waals surface area (Å²) in [6, 6.07) is 9.59. The molecule has 2 aliphatic rings. The van der Waals surface area contributed by atoms with Crippen LogP contribution in [0.2, 0.25) is 5.02 Å². The molecule has 0 radical (unpaired) electrons. The average molecular weight is 534 g/mol. The Balaban J connectivity index is 1.36. The second kappa shape index (κ2) is 10.7. The Labute approximate surface area is 217 Å². The highest BCUT2D eigenvalue weighted by molar-refractivity contribution is 7.97. The highest BCUT2D eigenvalue weighted by Gasteiger charge is 2.37. The molecule has 1 saturated carbocycles. The van der Waals surface area contributed by atoms with E-state index in [1.54, 1.807) is 34.8 Å². The molecule has 0 amide bonds. The van der Waals surface area contributed by atoms with Crippen molar-refractivity contribution in [1.29, 1.82) is 0 Å². The van der Waals surface area contributed by atoms with Gasteiger partial charge in [0.2, 0.25) is 5.75 Å². The third-order valence-electron chi connectivity index (χ3n) is 6.39. The van der Waals surface area contributed by atoms with Crippen molar-refractivity contribution in [1.82, 2.24) is 19.1 Å². The molecule has 0 spiro atoms. The Morgan fingerprint density at radius 3 is 2.47 bits per heavy atom. The van der Waals surface area contributed by atoms with Crippen LogP contribution in [0.4, 0.5) is 14.5 Å². The lowest BCUT2D eigenvalue weighted by Gasteiger charge is -2.37. The minimum Gasteiger partial charge on any atom is -0.483 e. The number of nitrogens with zero attached hydrogens (tertiary/aromatic N) is 5. The second-order valence-electron chi connectivity index (χ2n) is 8.84. The molecular weight excluding hydrogens is 508 g/mol. The van der Waals surface area contributed by atoms with Crippen molar-refractivity contribution >= 4 is 29.2 Å². The van der Waals surface area contributed by atoms with Crippen molar-refractivity contribution in [2.45, 2.75) is 37.0 Å². The monoisotopic (exact) mass is 533 g/mol. The first-order valence-corrected chi connectivity index (χ1v) is 13.1. The van der Waals surface area contributed by atoms with Crippen LogP contribution in [-0.4, -0.2) is 51.4 Å². The van der Waals surface area contributed by atoms with E-state index in [1.165, 1.54) is 29.2 Å². The minimum atomic E-state index is -3.05. The summed E-state index contributed by atoms with van der Waals surface area (Å²) in [6.07, 6.45) is 8.26. The summed E-state index contributed by atoms with van der Waals surface area (Å²) in [4.78, 5) is 19.3. The first-order chi connectivity index (χ1) is 17.4. The number of piperazine rings is 1. The van der Waals surface area contributed by atoms with Gasteiger partial charge < -0.3 is 9.64 Å². The zero-order chi connectivity index (χ0) is 25.1. The second-order valence-corrected chi connectivity index (χ2v) is 10.5. The van der Waals surface area contributed by atoms with Crippen LogP contribution in [0.3, 0.4) is 0 Å². The number of alkyl halides is 2. The maximum Gasteiger partial charge on any atom is 0.332 e. The van der Waals surface area contributed by atoms with Crippen LogP contribution in [0.25, 0.3) is 5.69 Å². The fraction of sp³-hybridized carbons (Fsp3) is 0.400. The number of ether oxygens (including phenoxy) is 1. The van der Waals surface area contributed by atoms with Crippen LogP contribution < -0.4 is 15.2 Å². The van der Waals surface area contributed by atoms with Crippen LogP contribution in [0, 0.1) is 0 Å². The Kier molecular flexibility index (Phi) is 7.45. The van der Waals surface area contributed by atoms with Gasteiger partial charge in [0, 0.05) is 61.1 Å². The third kappa shape index (κ3) is 5.50. The molecule has 0 N–H and O–H groups in total. The van der Waals surface area contributed by atoms with Gasteiger partial charge in [-0.25, -0.2) is 4.31 Å². The lowest BCUT2D eigenvalue weighted by molar-refractivity contribution is 0.0992. The van der Waals surface area contributed by atoms with Crippen molar-refractivity contribution in [2.24, 2.45) is 0 Å². The summed E-state index contributed by atoms with van der Waals surface area (Å²) >= 11 is 6.66. The topological polar surface area (TPSA) is 63.5 Å². The Morgan fingerprint density at radius 1 is 1.06 bits per heavy atom. The highest BCUT2D eigenvalue weighted by Crippen LogP contribution is 2.42. The molecule has 0 bridgehead atoms. The van der Waals surface area contributed by atoms with Crippen molar-refractivity contribution < 1.29 is 13.5 Å². The van der Waals surface area contributed by atoms with E-state index in [-0.39, 0.29) is 23.0 Å². The SMILES string of the molecule is O=c1c(OC2CCCC2)c(N2CCN(SC(F)(F)c3ccncc3)CC2)cnn1-c1cccc(Cl)c1. The lowest BCUT2D eigenvalue weighted by atomic mass is 10.2. The van der Waals surface area contributed by atoms with Gasteiger partial charge in [0.25, 0.3) is 0 Å². The summed E-state index contributed by atoms with van der Waals surface area (Å²) in [5.74, 6) is 0.250. The van der Waals surface area contributed by atoms with E-state index in [9.17, 15) is 13.6 Å². The molecule has 2 fully saturated rings. The van der Waals surface area contributed by atoms with Gasteiger partial charge in [-0.3, -0.25) is 9.78 Å². The van der Waals surface area contributed by atoms with Gasteiger partial charge in [0.1, 0.15) is 5.69 Å². The molecule has 1 aliphatic heterocycles.